The molecule has 2 heterocycles. The summed E-state index contributed by atoms with van der Waals surface area (Å²) in [5, 5.41) is 0. The average Bonchev–Trinajstić information content (AvgIpc) is 2.93. The second-order valence-electron chi connectivity index (χ2n) is 7.39. The monoisotopic (exact) mass is 378 g/mol. The van der Waals surface area contributed by atoms with E-state index in [0.717, 1.165) is 16.0 Å². The second kappa shape index (κ2) is 7.20. The molecule has 28 heavy (non-hydrogen) atoms. The first-order chi connectivity index (χ1) is 13.4. The van der Waals surface area contributed by atoms with Gasteiger partial charge in [-0.25, -0.2) is 0 Å². The van der Waals surface area contributed by atoms with Crippen LogP contribution in [0, 0.1) is 6.92 Å². The minimum atomic E-state index is -0.412. The number of fused-ring (bicyclic) bond motifs is 1. The molecule has 0 aliphatic carbocycles. The molecule has 4 rings (SSSR count). The van der Waals surface area contributed by atoms with E-state index in [0.29, 0.717) is 24.2 Å². The van der Waals surface area contributed by atoms with E-state index in [1.165, 1.54) is 0 Å². The van der Waals surface area contributed by atoms with Crippen molar-refractivity contribution in [2.24, 2.45) is 0 Å². The van der Waals surface area contributed by atoms with E-state index >= 15 is 0 Å². The molecule has 0 aromatic heterocycles. The smallest absolute Gasteiger partial charge is 0.262 e. The summed E-state index contributed by atoms with van der Waals surface area (Å²) < 4.78 is 6.01. The van der Waals surface area contributed by atoms with Crippen LogP contribution in [0.3, 0.4) is 0 Å². The van der Waals surface area contributed by atoms with E-state index in [4.69, 9.17) is 4.74 Å². The van der Waals surface area contributed by atoms with E-state index < -0.39 is 11.8 Å². The number of aryl methyl sites for hydroxylation is 1. The van der Waals surface area contributed by atoms with E-state index in [9.17, 15) is 14.4 Å². The number of carbonyl (C=O) groups excluding carboxylic acids is 3. The summed E-state index contributed by atoms with van der Waals surface area (Å²) in [7, 11) is 0. The van der Waals surface area contributed by atoms with Gasteiger partial charge in [-0.3, -0.25) is 19.3 Å². The van der Waals surface area contributed by atoms with Gasteiger partial charge in [0.15, 0.2) is 0 Å². The van der Waals surface area contributed by atoms with Crippen molar-refractivity contribution in [2.45, 2.75) is 26.1 Å². The van der Waals surface area contributed by atoms with E-state index in [-0.39, 0.29) is 24.7 Å². The van der Waals surface area contributed by atoms with Gasteiger partial charge in [-0.15, -0.1) is 0 Å². The minimum absolute atomic E-state index is 0.133. The van der Waals surface area contributed by atoms with Gasteiger partial charge < -0.3 is 9.64 Å². The maximum atomic E-state index is 12.9. The van der Waals surface area contributed by atoms with Gasteiger partial charge in [0.25, 0.3) is 11.8 Å². The average molecular weight is 378 g/mol. The summed E-state index contributed by atoms with van der Waals surface area (Å²) in [5.41, 5.74) is 2.88. The Hall–Kier alpha value is -2.99. The molecule has 2 unspecified atom stereocenters. The molecule has 1 saturated heterocycles. The van der Waals surface area contributed by atoms with Crippen molar-refractivity contribution < 1.29 is 19.1 Å². The highest BCUT2D eigenvalue weighted by molar-refractivity contribution is 6.22. The van der Waals surface area contributed by atoms with Crippen LogP contribution < -0.4 is 0 Å². The van der Waals surface area contributed by atoms with Crippen LogP contribution in [0.15, 0.2) is 48.5 Å². The summed E-state index contributed by atoms with van der Waals surface area (Å²) in [4.78, 5) is 40.6. The van der Waals surface area contributed by atoms with Crippen LogP contribution in [-0.4, -0.2) is 53.3 Å². The molecule has 0 saturated carbocycles. The molecule has 2 aromatic carbocycles. The number of morpholine rings is 1. The van der Waals surface area contributed by atoms with Gasteiger partial charge >= 0.3 is 0 Å². The zero-order chi connectivity index (χ0) is 19.8. The van der Waals surface area contributed by atoms with E-state index in [1.807, 2.05) is 38.1 Å². The van der Waals surface area contributed by atoms with Crippen LogP contribution in [0.4, 0.5) is 0 Å². The Kier molecular flexibility index (Phi) is 4.73. The van der Waals surface area contributed by atoms with Crippen molar-refractivity contribution in [3.8, 4) is 0 Å². The normalized spacial score (nSPS) is 21.8. The lowest BCUT2D eigenvalue weighted by atomic mass is 10.0. The standard InChI is InChI=1S/C22H22N2O4/c1-14-7-9-16(10-8-14)19-12-23(11-15(2)28-19)20(25)13-24-21(26)17-5-3-4-6-18(17)22(24)27/h3-10,15,19H,11-13H2,1-2H3. The van der Waals surface area contributed by atoms with Crippen molar-refractivity contribution in [1.82, 2.24) is 9.80 Å². The Morgan fingerprint density at radius 3 is 2.21 bits per heavy atom. The van der Waals surface area contributed by atoms with Gasteiger partial charge in [-0.1, -0.05) is 42.0 Å². The summed E-state index contributed by atoms with van der Waals surface area (Å²) >= 11 is 0. The van der Waals surface area contributed by atoms with Crippen LogP contribution in [-0.2, 0) is 9.53 Å². The number of hydrogen-bond acceptors (Lipinski definition) is 4. The Bertz CT molecular complexity index is 903. The maximum absolute atomic E-state index is 12.9. The fourth-order valence-corrected chi connectivity index (χ4v) is 3.74. The predicted octanol–water partition coefficient (Wildman–Crippen LogP) is 2.58. The zero-order valence-electron chi connectivity index (χ0n) is 15.9. The third-order valence-corrected chi connectivity index (χ3v) is 5.23. The van der Waals surface area contributed by atoms with Gasteiger partial charge in [0.05, 0.1) is 23.8 Å². The third kappa shape index (κ3) is 3.31. The molecule has 3 amide bonds. The number of hydrogen-bond donors (Lipinski definition) is 0. The quantitative estimate of drug-likeness (QED) is 0.770. The van der Waals surface area contributed by atoms with Crippen LogP contribution >= 0.6 is 0 Å². The van der Waals surface area contributed by atoms with Gasteiger partial charge in [-0.05, 0) is 31.5 Å². The summed E-state index contributed by atoms with van der Waals surface area (Å²) in [6.45, 7) is 4.52. The predicted molar refractivity (Wildman–Crippen MR) is 103 cm³/mol. The fourth-order valence-electron chi connectivity index (χ4n) is 3.74. The molecular weight excluding hydrogens is 356 g/mol. The molecule has 0 N–H and O–H groups in total. The Balaban J connectivity index is 1.48. The molecule has 0 spiro atoms. The number of ether oxygens (including phenoxy) is 1. The first-order valence-electron chi connectivity index (χ1n) is 9.39. The number of rotatable bonds is 3. The lowest BCUT2D eigenvalue weighted by Gasteiger charge is -2.37. The molecule has 144 valence electrons. The highest BCUT2D eigenvalue weighted by Crippen LogP contribution is 2.27. The van der Waals surface area contributed by atoms with Crippen LogP contribution in [0.2, 0.25) is 0 Å². The van der Waals surface area contributed by atoms with Crippen LogP contribution in [0.5, 0.6) is 0 Å². The molecule has 2 aromatic rings. The number of amides is 3. The number of benzene rings is 2. The largest absolute Gasteiger partial charge is 0.367 e. The number of nitrogens with zero attached hydrogens (tertiary/aromatic N) is 2. The molecular formula is C22H22N2O4. The fraction of sp³-hybridized carbons (Fsp3) is 0.318. The molecule has 2 atom stereocenters. The summed E-state index contributed by atoms with van der Waals surface area (Å²) in [6, 6.07) is 14.7. The van der Waals surface area contributed by atoms with Gasteiger partial charge in [0.1, 0.15) is 12.6 Å². The number of imide groups is 1. The second-order valence-corrected chi connectivity index (χ2v) is 7.39. The highest BCUT2D eigenvalue weighted by Gasteiger charge is 2.38. The summed E-state index contributed by atoms with van der Waals surface area (Å²) in [6.07, 6.45) is -0.360. The molecule has 0 bridgehead atoms. The highest BCUT2D eigenvalue weighted by atomic mass is 16.5. The topological polar surface area (TPSA) is 66.9 Å². The first kappa shape index (κ1) is 18.4. The molecule has 6 heteroatoms. The van der Waals surface area contributed by atoms with Crippen molar-refractivity contribution in [3.05, 3.63) is 70.8 Å². The van der Waals surface area contributed by atoms with Crippen molar-refractivity contribution in [2.75, 3.05) is 19.6 Å². The molecule has 2 aliphatic heterocycles. The molecule has 0 radical (unpaired) electrons. The molecule has 1 fully saturated rings. The van der Waals surface area contributed by atoms with Crippen LogP contribution in [0.25, 0.3) is 0 Å². The Morgan fingerprint density at radius 1 is 1.00 bits per heavy atom. The minimum Gasteiger partial charge on any atom is -0.367 e. The number of carbonyl (C=O) groups is 3. The van der Waals surface area contributed by atoms with E-state index in [2.05, 4.69) is 0 Å². The first-order valence-corrected chi connectivity index (χ1v) is 9.39. The maximum Gasteiger partial charge on any atom is 0.262 e. The Morgan fingerprint density at radius 2 is 1.61 bits per heavy atom. The lowest BCUT2D eigenvalue weighted by Crippen LogP contribution is -2.50. The van der Waals surface area contributed by atoms with Crippen molar-refractivity contribution >= 4 is 17.7 Å². The van der Waals surface area contributed by atoms with Gasteiger partial charge in [0.2, 0.25) is 5.91 Å². The lowest BCUT2D eigenvalue weighted by molar-refractivity contribution is -0.145. The van der Waals surface area contributed by atoms with Gasteiger partial charge in [0, 0.05) is 6.54 Å². The zero-order valence-corrected chi connectivity index (χ0v) is 15.9. The molecule has 6 nitrogen and oxygen atoms in total. The van der Waals surface area contributed by atoms with E-state index in [1.54, 1.807) is 29.2 Å². The summed E-state index contributed by atoms with van der Waals surface area (Å²) in [5.74, 6) is -1.07. The molecule has 2 aliphatic rings. The van der Waals surface area contributed by atoms with Gasteiger partial charge in [-0.2, -0.15) is 0 Å². The van der Waals surface area contributed by atoms with Crippen molar-refractivity contribution in [1.29, 1.82) is 0 Å². The van der Waals surface area contributed by atoms with Crippen molar-refractivity contribution in [3.63, 3.8) is 0 Å². The third-order valence-electron chi connectivity index (χ3n) is 5.23. The Labute approximate surface area is 163 Å². The SMILES string of the molecule is Cc1ccc(C2CN(C(=O)CN3C(=O)c4ccccc4C3=O)CC(C)O2)cc1. The van der Waals surface area contributed by atoms with Crippen LogP contribution in [0.1, 0.15) is 44.9 Å².